The number of nitrogens with zero attached hydrogens (tertiary/aromatic N) is 1. The molecule has 0 bridgehead atoms. The Labute approximate surface area is 250 Å². The number of rotatable bonds is 13. The first-order valence-corrected chi connectivity index (χ1v) is 16.8. The molecule has 3 atom stereocenters. The molecule has 224 valence electrons. The van der Waals surface area contributed by atoms with Gasteiger partial charge in [-0.1, -0.05) is 62.4 Å². The van der Waals surface area contributed by atoms with Crippen LogP contribution in [0.25, 0.3) is 11.1 Å². The Hall–Kier alpha value is -2.35. The highest BCUT2D eigenvalue weighted by molar-refractivity contribution is 7.98. The lowest BCUT2D eigenvalue weighted by molar-refractivity contribution is -0.139. The Bertz CT molecular complexity index is 1150. The highest BCUT2D eigenvalue weighted by Crippen LogP contribution is 2.35. The lowest BCUT2D eigenvalue weighted by atomic mass is 9.76. The predicted octanol–water partition coefficient (Wildman–Crippen LogP) is 6.80. The zero-order valence-electron chi connectivity index (χ0n) is 25.1. The molecule has 4 rings (SSSR count). The lowest BCUT2D eigenvalue weighted by Crippen LogP contribution is -2.42. The van der Waals surface area contributed by atoms with E-state index in [-0.39, 0.29) is 12.0 Å². The maximum Gasteiger partial charge on any atom is 0.326 e. The molecule has 2 N–H and O–H groups in total. The Morgan fingerprint density at radius 3 is 2.54 bits per heavy atom. The van der Waals surface area contributed by atoms with E-state index in [1.165, 1.54) is 51.5 Å². The number of ether oxygens (including phenoxy) is 1. The number of piperidine rings is 1. The molecule has 2 aromatic rings. The number of carboxylic acids is 1. The first kappa shape index (κ1) is 31.6. The third kappa shape index (κ3) is 9.07. The maximum atomic E-state index is 13.3. The van der Waals surface area contributed by atoms with Crippen molar-refractivity contribution in [1.29, 1.82) is 0 Å². The smallest absolute Gasteiger partial charge is 0.326 e. The summed E-state index contributed by atoms with van der Waals surface area (Å²) in [5.74, 6) is 1.04. The van der Waals surface area contributed by atoms with Crippen LogP contribution in [0.4, 0.5) is 0 Å². The summed E-state index contributed by atoms with van der Waals surface area (Å²) < 4.78 is 6.35. The molecule has 2 aliphatic rings. The minimum atomic E-state index is -1.01. The van der Waals surface area contributed by atoms with Crippen molar-refractivity contribution < 1.29 is 19.4 Å². The fraction of sp³-hybridized carbons (Fsp3) is 0.588. The summed E-state index contributed by atoms with van der Waals surface area (Å²) in [6, 6.07) is 12.8. The Morgan fingerprint density at radius 2 is 1.80 bits per heavy atom. The van der Waals surface area contributed by atoms with E-state index in [0.29, 0.717) is 24.3 Å². The van der Waals surface area contributed by atoms with Gasteiger partial charge in [-0.2, -0.15) is 11.8 Å². The van der Waals surface area contributed by atoms with Crippen LogP contribution in [0.15, 0.2) is 42.5 Å². The van der Waals surface area contributed by atoms with Crippen molar-refractivity contribution in [3.05, 3.63) is 59.2 Å². The van der Waals surface area contributed by atoms with E-state index in [1.54, 1.807) is 11.8 Å². The molecule has 1 heterocycles. The molecule has 0 radical (unpaired) electrons. The van der Waals surface area contributed by atoms with Gasteiger partial charge in [0.2, 0.25) is 0 Å². The molecule has 0 spiro atoms. The number of hydrogen-bond acceptors (Lipinski definition) is 5. The summed E-state index contributed by atoms with van der Waals surface area (Å²) in [6.45, 7) is 7.96. The molecular formula is C34H48N2O4S. The Kier molecular flexibility index (Phi) is 12.1. The quantitative estimate of drug-likeness (QED) is 0.271. The van der Waals surface area contributed by atoms with Gasteiger partial charge in [-0.15, -0.1) is 0 Å². The van der Waals surface area contributed by atoms with Crippen molar-refractivity contribution in [2.75, 3.05) is 31.6 Å². The first-order chi connectivity index (χ1) is 19.9. The van der Waals surface area contributed by atoms with Crippen LogP contribution in [0.1, 0.15) is 79.8 Å². The number of carboxylic acid groups (broad SMARTS) is 1. The summed E-state index contributed by atoms with van der Waals surface area (Å²) in [5, 5.41) is 12.4. The van der Waals surface area contributed by atoms with Crippen molar-refractivity contribution >= 4 is 23.6 Å². The number of hydrogen-bond donors (Lipinski definition) is 2. The molecule has 2 aromatic carbocycles. The second-order valence-electron chi connectivity index (χ2n) is 12.0. The van der Waals surface area contributed by atoms with Crippen LogP contribution in [0.3, 0.4) is 0 Å². The molecule has 1 aliphatic heterocycles. The van der Waals surface area contributed by atoms with Gasteiger partial charge in [-0.05, 0) is 97.9 Å². The van der Waals surface area contributed by atoms with Crippen molar-refractivity contribution in [2.45, 2.75) is 84.0 Å². The van der Waals surface area contributed by atoms with E-state index in [0.717, 1.165) is 47.2 Å². The van der Waals surface area contributed by atoms with E-state index in [2.05, 4.69) is 17.1 Å². The fourth-order valence-corrected chi connectivity index (χ4v) is 7.08. The van der Waals surface area contributed by atoms with Crippen LogP contribution >= 0.6 is 11.8 Å². The van der Waals surface area contributed by atoms with Crippen molar-refractivity contribution in [2.24, 2.45) is 11.8 Å². The van der Waals surface area contributed by atoms with Crippen molar-refractivity contribution in [3.8, 4) is 11.1 Å². The summed E-state index contributed by atoms with van der Waals surface area (Å²) >= 11 is 1.57. The molecular weight excluding hydrogens is 532 g/mol. The number of nitrogens with one attached hydrogen (secondary N) is 1. The second-order valence-corrected chi connectivity index (χ2v) is 13.0. The summed E-state index contributed by atoms with van der Waals surface area (Å²) in [6.07, 6.45) is 12.1. The number of amides is 1. The molecule has 0 aromatic heterocycles. The number of thioether (sulfide) groups is 1. The molecule has 2 unspecified atom stereocenters. The highest BCUT2D eigenvalue weighted by Gasteiger charge is 2.29. The second kappa shape index (κ2) is 15.8. The van der Waals surface area contributed by atoms with Gasteiger partial charge < -0.3 is 20.1 Å². The van der Waals surface area contributed by atoms with Gasteiger partial charge in [0, 0.05) is 18.7 Å². The standard InChI is InChI=1S/C34H48N2O4S/c1-24-10-7-8-14-29(24)31-20-26(15-16-30(31)33(37)35-32(34(38)39)17-19-41-3)23-40-25(2)21-36-18-9-13-28(22-36)27-11-5-4-6-12-27/h7-8,10,14-16,20,25,27-28,32H,4-6,9,11-13,17-19,21-23H2,1-3H3,(H,35,37)(H,38,39)/t25?,28?,32-/m0/s1. The van der Waals surface area contributed by atoms with Gasteiger partial charge in [0.25, 0.3) is 5.91 Å². The van der Waals surface area contributed by atoms with Crippen LogP contribution < -0.4 is 5.32 Å². The summed E-state index contributed by atoms with van der Waals surface area (Å²) in [4.78, 5) is 27.7. The molecule has 2 fully saturated rings. The van der Waals surface area contributed by atoms with Gasteiger partial charge in [0.1, 0.15) is 6.04 Å². The van der Waals surface area contributed by atoms with Gasteiger partial charge >= 0.3 is 5.97 Å². The maximum absolute atomic E-state index is 13.3. The number of carbonyl (C=O) groups excluding carboxylic acids is 1. The number of aliphatic carboxylic acids is 1. The van der Waals surface area contributed by atoms with Crippen LogP contribution in [0.2, 0.25) is 0 Å². The Balaban J connectivity index is 1.42. The highest BCUT2D eigenvalue weighted by atomic mass is 32.2. The normalized spacial score (nSPS) is 19.9. The van der Waals surface area contributed by atoms with Crippen molar-refractivity contribution in [1.82, 2.24) is 10.2 Å². The van der Waals surface area contributed by atoms with E-state index in [4.69, 9.17) is 4.74 Å². The average Bonchev–Trinajstić information content (AvgIpc) is 2.98. The SMILES string of the molecule is CSCC[C@H](NC(=O)c1ccc(COC(C)CN2CCCC(C3CCCCC3)C2)cc1-c1ccccc1C)C(=O)O. The third-order valence-electron chi connectivity index (χ3n) is 8.89. The Morgan fingerprint density at radius 1 is 1.05 bits per heavy atom. The van der Waals surface area contributed by atoms with Crippen LogP contribution in [-0.4, -0.2) is 65.7 Å². The topological polar surface area (TPSA) is 78.9 Å². The number of aryl methyl sites for hydroxylation is 1. The summed E-state index contributed by atoms with van der Waals surface area (Å²) in [7, 11) is 0. The minimum absolute atomic E-state index is 0.109. The molecule has 1 amide bonds. The average molecular weight is 581 g/mol. The van der Waals surface area contributed by atoms with E-state index in [9.17, 15) is 14.7 Å². The number of carbonyl (C=O) groups is 2. The predicted molar refractivity (Wildman–Crippen MR) is 168 cm³/mol. The minimum Gasteiger partial charge on any atom is -0.480 e. The van der Waals surface area contributed by atoms with E-state index >= 15 is 0 Å². The molecule has 1 saturated carbocycles. The van der Waals surface area contributed by atoms with Crippen LogP contribution in [0.5, 0.6) is 0 Å². The zero-order chi connectivity index (χ0) is 29.2. The number of likely N-dealkylation sites (tertiary alicyclic amines) is 1. The zero-order valence-corrected chi connectivity index (χ0v) is 25.9. The molecule has 6 nitrogen and oxygen atoms in total. The molecule has 1 saturated heterocycles. The first-order valence-electron chi connectivity index (χ1n) is 15.4. The van der Waals surface area contributed by atoms with Crippen molar-refractivity contribution in [3.63, 3.8) is 0 Å². The molecule has 1 aliphatic carbocycles. The molecule has 41 heavy (non-hydrogen) atoms. The third-order valence-corrected chi connectivity index (χ3v) is 9.53. The van der Waals surface area contributed by atoms with E-state index in [1.807, 2.05) is 55.6 Å². The van der Waals surface area contributed by atoms with Gasteiger partial charge in [-0.3, -0.25) is 4.79 Å². The summed E-state index contributed by atoms with van der Waals surface area (Å²) in [5.41, 5.74) is 4.30. The fourth-order valence-electron chi connectivity index (χ4n) is 6.61. The van der Waals surface area contributed by atoms with Gasteiger partial charge in [-0.25, -0.2) is 4.79 Å². The van der Waals surface area contributed by atoms with Gasteiger partial charge in [0.05, 0.1) is 12.7 Å². The largest absolute Gasteiger partial charge is 0.480 e. The molecule has 7 heteroatoms. The van der Waals surface area contributed by atoms with Crippen LogP contribution in [-0.2, 0) is 16.1 Å². The van der Waals surface area contributed by atoms with E-state index < -0.39 is 12.0 Å². The lowest BCUT2D eigenvalue weighted by Gasteiger charge is -2.39. The monoisotopic (exact) mass is 580 g/mol. The number of benzene rings is 2. The van der Waals surface area contributed by atoms with Gasteiger partial charge in [0.15, 0.2) is 0 Å². The van der Waals surface area contributed by atoms with Crippen LogP contribution in [0, 0.1) is 18.8 Å².